The molecule has 0 aliphatic rings. The van der Waals surface area contributed by atoms with Crippen molar-refractivity contribution in [2.75, 3.05) is 13.2 Å². The van der Waals surface area contributed by atoms with Gasteiger partial charge in [0.1, 0.15) is 0 Å². The third kappa shape index (κ3) is 3.88. The van der Waals surface area contributed by atoms with E-state index in [2.05, 4.69) is 31.4 Å². The minimum atomic E-state index is -0.307. The molecule has 0 spiro atoms. The minimum absolute atomic E-state index is 0.112. The fourth-order valence-electron chi connectivity index (χ4n) is 1.55. The third-order valence-electron chi connectivity index (χ3n) is 2.42. The van der Waals surface area contributed by atoms with Crippen LogP contribution < -0.4 is 5.32 Å². The molecule has 0 radical (unpaired) electrons. The van der Waals surface area contributed by atoms with E-state index in [0.29, 0.717) is 24.9 Å². The van der Waals surface area contributed by atoms with Gasteiger partial charge in [-0.25, -0.2) is 0 Å². The van der Waals surface area contributed by atoms with Crippen molar-refractivity contribution in [1.29, 1.82) is 0 Å². The van der Waals surface area contributed by atoms with Gasteiger partial charge >= 0.3 is 5.97 Å². The van der Waals surface area contributed by atoms with Crippen LogP contribution in [0.4, 0.5) is 0 Å². The van der Waals surface area contributed by atoms with Gasteiger partial charge in [0.05, 0.1) is 25.3 Å². The maximum atomic E-state index is 11.1. The van der Waals surface area contributed by atoms with Crippen molar-refractivity contribution in [2.24, 2.45) is 0 Å². The molecule has 20 heavy (non-hydrogen) atoms. The molecule has 106 valence electrons. The van der Waals surface area contributed by atoms with E-state index < -0.39 is 0 Å². The van der Waals surface area contributed by atoms with E-state index in [1.165, 1.54) is 0 Å². The number of halogens is 1. The van der Waals surface area contributed by atoms with E-state index in [-0.39, 0.29) is 12.5 Å². The number of aromatic nitrogens is 2. The highest BCUT2D eigenvalue weighted by Gasteiger charge is 2.11. The van der Waals surface area contributed by atoms with Gasteiger partial charge in [0.15, 0.2) is 0 Å². The molecule has 1 aromatic carbocycles. The van der Waals surface area contributed by atoms with Gasteiger partial charge in [-0.15, -0.1) is 10.2 Å². The third-order valence-corrected chi connectivity index (χ3v) is 3.11. The first kappa shape index (κ1) is 14.7. The molecular formula is C13H14BrN3O3. The van der Waals surface area contributed by atoms with E-state index in [1.54, 1.807) is 6.92 Å². The molecule has 1 aromatic heterocycles. The van der Waals surface area contributed by atoms with Crippen molar-refractivity contribution in [3.05, 3.63) is 34.6 Å². The summed E-state index contributed by atoms with van der Waals surface area (Å²) in [6, 6.07) is 7.58. The lowest BCUT2D eigenvalue weighted by atomic mass is 10.2. The molecule has 0 saturated heterocycles. The number of nitrogens with one attached hydrogen (secondary N) is 1. The summed E-state index contributed by atoms with van der Waals surface area (Å²) in [4.78, 5) is 11.1. The fourth-order valence-corrected chi connectivity index (χ4v) is 2.01. The number of hydrogen-bond donors (Lipinski definition) is 1. The largest absolute Gasteiger partial charge is 0.465 e. The summed E-state index contributed by atoms with van der Waals surface area (Å²) in [7, 11) is 0. The van der Waals surface area contributed by atoms with Crippen LogP contribution >= 0.6 is 15.9 Å². The van der Waals surface area contributed by atoms with Crippen LogP contribution in [-0.4, -0.2) is 29.3 Å². The molecule has 0 amide bonds. The Morgan fingerprint density at radius 2 is 2.20 bits per heavy atom. The fraction of sp³-hybridized carbons (Fsp3) is 0.308. The summed E-state index contributed by atoms with van der Waals surface area (Å²) in [6.45, 7) is 2.56. The number of rotatable bonds is 6. The van der Waals surface area contributed by atoms with Crippen molar-refractivity contribution in [2.45, 2.75) is 13.5 Å². The topological polar surface area (TPSA) is 77.2 Å². The van der Waals surface area contributed by atoms with Gasteiger partial charge < -0.3 is 9.15 Å². The molecule has 0 aliphatic heterocycles. The van der Waals surface area contributed by atoms with Gasteiger partial charge in [-0.1, -0.05) is 12.1 Å². The molecule has 2 rings (SSSR count). The Kier molecular flexibility index (Phi) is 5.25. The molecule has 0 atom stereocenters. The minimum Gasteiger partial charge on any atom is -0.465 e. The average molecular weight is 340 g/mol. The van der Waals surface area contributed by atoms with Crippen LogP contribution in [0.25, 0.3) is 11.5 Å². The lowest BCUT2D eigenvalue weighted by Gasteiger charge is -2.01. The van der Waals surface area contributed by atoms with Crippen LogP contribution in [0, 0.1) is 0 Å². The average Bonchev–Trinajstić information content (AvgIpc) is 2.88. The van der Waals surface area contributed by atoms with Gasteiger partial charge in [-0.3, -0.25) is 10.1 Å². The van der Waals surface area contributed by atoms with Crippen molar-refractivity contribution >= 4 is 21.9 Å². The normalized spacial score (nSPS) is 10.5. The highest BCUT2D eigenvalue weighted by Crippen LogP contribution is 2.26. The first-order valence-electron chi connectivity index (χ1n) is 6.14. The maximum Gasteiger partial charge on any atom is 0.319 e. The van der Waals surface area contributed by atoms with Gasteiger partial charge in [0.25, 0.3) is 0 Å². The smallest absolute Gasteiger partial charge is 0.319 e. The zero-order chi connectivity index (χ0) is 14.4. The number of nitrogens with zero attached hydrogens (tertiary/aromatic N) is 2. The lowest BCUT2D eigenvalue weighted by molar-refractivity contribution is -0.142. The molecule has 6 nitrogen and oxygen atoms in total. The zero-order valence-corrected chi connectivity index (χ0v) is 12.5. The van der Waals surface area contributed by atoms with Crippen LogP contribution in [0.2, 0.25) is 0 Å². The summed E-state index contributed by atoms with van der Waals surface area (Å²) >= 11 is 3.43. The molecule has 1 N–H and O–H groups in total. The Balaban J connectivity index is 1.93. The second-order valence-electron chi connectivity index (χ2n) is 3.89. The van der Waals surface area contributed by atoms with E-state index >= 15 is 0 Å². The Bertz CT molecular complexity index is 586. The molecule has 7 heteroatoms. The number of benzene rings is 1. The van der Waals surface area contributed by atoms with Crippen molar-refractivity contribution < 1.29 is 13.9 Å². The van der Waals surface area contributed by atoms with Gasteiger partial charge in [-0.05, 0) is 35.0 Å². The van der Waals surface area contributed by atoms with Crippen molar-refractivity contribution in [1.82, 2.24) is 15.5 Å². The van der Waals surface area contributed by atoms with E-state index in [4.69, 9.17) is 9.15 Å². The first-order chi connectivity index (χ1) is 9.70. The quantitative estimate of drug-likeness (QED) is 0.812. The number of hydrogen-bond acceptors (Lipinski definition) is 6. The van der Waals surface area contributed by atoms with Crippen LogP contribution in [0.5, 0.6) is 0 Å². The van der Waals surface area contributed by atoms with Crippen LogP contribution in [0.1, 0.15) is 12.8 Å². The Morgan fingerprint density at radius 1 is 1.40 bits per heavy atom. The molecule has 0 saturated carbocycles. The van der Waals surface area contributed by atoms with E-state index in [0.717, 1.165) is 10.0 Å². The molecule has 2 aromatic rings. The number of ether oxygens (including phenoxy) is 1. The van der Waals surface area contributed by atoms with E-state index in [9.17, 15) is 4.79 Å². The number of carbonyl (C=O) groups excluding carboxylic acids is 1. The van der Waals surface area contributed by atoms with Gasteiger partial charge in [-0.2, -0.15) is 0 Å². The molecular weight excluding hydrogens is 326 g/mol. The van der Waals surface area contributed by atoms with Crippen molar-refractivity contribution in [3.63, 3.8) is 0 Å². The zero-order valence-electron chi connectivity index (χ0n) is 10.9. The van der Waals surface area contributed by atoms with Crippen LogP contribution in [-0.2, 0) is 16.1 Å². The Hall–Kier alpha value is -1.73. The first-order valence-corrected chi connectivity index (χ1v) is 6.93. The highest BCUT2D eigenvalue weighted by molar-refractivity contribution is 9.10. The molecule has 0 unspecified atom stereocenters. The maximum absolute atomic E-state index is 11.1. The molecule has 0 bridgehead atoms. The Morgan fingerprint density at radius 3 is 2.95 bits per heavy atom. The summed E-state index contributed by atoms with van der Waals surface area (Å²) in [5, 5.41) is 10.8. The molecule has 1 heterocycles. The highest BCUT2D eigenvalue weighted by atomic mass is 79.9. The van der Waals surface area contributed by atoms with Gasteiger partial charge in [0, 0.05) is 4.47 Å². The second-order valence-corrected chi connectivity index (χ2v) is 4.74. The van der Waals surface area contributed by atoms with E-state index in [1.807, 2.05) is 24.3 Å². The Labute approximate surface area is 124 Å². The SMILES string of the molecule is CCOC(=O)CNCc1nnc(-c2ccccc2Br)o1. The lowest BCUT2D eigenvalue weighted by Crippen LogP contribution is -2.24. The standard InChI is InChI=1S/C13H14BrN3O3/c1-2-19-12(18)8-15-7-11-16-17-13(20-11)9-5-3-4-6-10(9)14/h3-6,15H,2,7-8H2,1H3. The predicted molar refractivity (Wildman–Crippen MR) is 75.8 cm³/mol. The summed E-state index contributed by atoms with van der Waals surface area (Å²) in [5.74, 6) is 0.545. The number of carbonyl (C=O) groups is 1. The van der Waals surface area contributed by atoms with Gasteiger partial charge in [0.2, 0.25) is 11.8 Å². The molecule has 0 fully saturated rings. The summed E-state index contributed by atoms with van der Waals surface area (Å²) in [6.07, 6.45) is 0. The van der Waals surface area contributed by atoms with Crippen LogP contribution in [0.15, 0.2) is 33.2 Å². The summed E-state index contributed by atoms with van der Waals surface area (Å²) in [5.41, 5.74) is 0.830. The van der Waals surface area contributed by atoms with Crippen molar-refractivity contribution in [3.8, 4) is 11.5 Å². The van der Waals surface area contributed by atoms with Crippen LogP contribution in [0.3, 0.4) is 0 Å². The monoisotopic (exact) mass is 339 g/mol. The number of esters is 1. The predicted octanol–water partition coefficient (Wildman–Crippen LogP) is 2.15. The summed E-state index contributed by atoms with van der Waals surface area (Å²) < 4.78 is 11.2. The second kappa shape index (κ2) is 7.16. The molecule has 0 aliphatic carbocycles.